The fraction of sp³-hybridized carbons (Fsp3) is 0.583. The number of aromatic nitrogens is 1. The molecule has 5 nitrogen and oxygen atoms in total. The van der Waals surface area contributed by atoms with Gasteiger partial charge in [-0.3, -0.25) is 9.88 Å². The van der Waals surface area contributed by atoms with E-state index in [0.717, 1.165) is 32.0 Å². The van der Waals surface area contributed by atoms with Crippen LogP contribution in [0.2, 0.25) is 5.02 Å². The van der Waals surface area contributed by atoms with Crippen molar-refractivity contribution >= 4 is 17.3 Å². The van der Waals surface area contributed by atoms with Crippen LogP contribution in [0, 0.1) is 0 Å². The van der Waals surface area contributed by atoms with Gasteiger partial charge in [0, 0.05) is 38.6 Å². The minimum atomic E-state index is -0.424. The van der Waals surface area contributed by atoms with Crippen LogP contribution in [-0.2, 0) is 4.74 Å². The van der Waals surface area contributed by atoms with Crippen molar-refractivity contribution in [3.63, 3.8) is 0 Å². The van der Waals surface area contributed by atoms with Crippen LogP contribution in [0.3, 0.4) is 0 Å². The summed E-state index contributed by atoms with van der Waals surface area (Å²) < 4.78 is 5.26. The fourth-order valence-corrected chi connectivity index (χ4v) is 2.08. The van der Waals surface area contributed by atoms with Crippen LogP contribution in [0.4, 0.5) is 5.69 Å². The molecule has 2 rings (SSSR count). The highest BCUT2D eigenvalue weighted by molar-refractivity contribution is 6.33. The predicted octanol–water partition coefficient (Wildman–Crippen LogP) is 0.840. The molecule has 0 radical (unpaired) electrons. The van der Waals surface area contributed by atoms with E-state index in [1.165, 1.54) is 0 Å². The molecular weight excluding hydrogens is 254 g/mol. The molecule has 0 aromatic carbocycles. The van der Waals surface area contributed by atoms with Gasteiger partial charge in [0.25, 0.3) is 0 Å². The van der Waals surface area contributed by atoms with Crippen LogP contribution < -0.4 is 5.32 Å². The van der Waals surface area contributed by atoms with E-state index in [4.69, 9.17) is 16.3 Å². The minimum Gasteiger partial charge on any atom is -0.390 e. The molecule has 6 heteroatoms. The number of hydrogen-bond acceptors (Lipinski definition) is 5. The van der Waals surface area contributed by atoms with Crippen LogP contribution in [0.25, 0.3) is 0 Å². The number of ether oxygens (including phenoxy) is 1. The maximum Gasteiger partial charge on any atom is 0.0839 e. The maximum absolute atomic E-state index is 9.95. The van der Waals surface area contributed by atoms with Gasteiger partial charge in [0.2, 0.25) is 0 Å². The molecule has 2 N–H and O–H groups in total. The first-order chi connectivity index (χ1) is 8.75. The Hall–Kier alpha value is -0.880. The number of β-amino-alcohol motifs (C(OH)–C–C–N with tert-alkyl or cyclic N) is 1. The zero-order chi connectivity index (χ0) is 12.8. The Morgan fingerprint density at radius 3 is 3.00 bits per heavy atom. The molecule has 1 unspecified atom stereocenters. The van der Waals surface area contributed by atoms with Crippen LogP contribution >= 0.6 is 11.6 Å². The zero-order valence-corrected chi connectivity index (χ0v) is 10.9. The van der Waals surface area contributed by atoms with Gasteiger partial charge in [-0.2, -0.15) is 0 Å². The number of nitrogens with zero attached hydrogens (tertiary/aromatic N) is 2. The number of aliphatic hydroxyl groups is 1. The van der Waals surface area contributed by atoms with E-state index in [2.05, 4.69) is 15.2 Å². The average Bonchev–Trinajstić information content (AvgIpc) is 2.39. The summed E-state index contributed by atoms with van der Waals surface area (Å²) in [6, 6.07) is 1.80. The number of halogens is 1. The Balaban J connectivity index is 1.74. The number of pyridine rings is 1. The summed E-state index contributed by atoms with van der Waals surface area (Å²) in [6.07, 6.45) is 2.83. The molecule has 1 aliphatic heterocycles. The number of rotatable bonds is 5. The molecule has 18 heavy (non-hydrogen) atoms. The third kappa shape index (κ3) is 4.10. The lowest BCUT2D eigenvalue weighted by Gasteiger charge is -2.28. The van der Waals surface area contributed by atoms with E-state index in [-0.39, 0.29) is 0 Å². The molecule has 2 heterocycles. The Kier molecular flexibility index (Phi) is 5.19. The Morgan fingerprint density at radius 1 is 1.50 bits per heavy atom. The molecule has 0 saturated carbocycles. The normalized spacial score (nSPS) is 18.6. The highest BCUT2D eigenvalue weighted by Crippen LogP contribution is 2.18. The summed E-state index contributed by atoms with van der Waals surface area (Å²) in [7, 11) is 0. The van der Waals surface area contributed by atoms with E-state index < -0.39 is 6.10 Å². The summed E-state index contributed by atoms with van der Waals surface area (Å²) in [5.41, 5.74) is 0.799. The summed E-state index contributed by atoms with van der Waals surface area (Å²) in [4.78, 5) is 6.11. The van der Waals surface area contributed by atoms with Crippen molar-refractivity contribution in [2.24, 2.45) is 0 Å². The van der Waals surface area contributed by atoms with E-state index in [1.807, 2.05) is 0 Å². The largest absolute Gasteiger partial charge is 0.390 e. The van der Waals surface area contributed by atoms with Crippen molar-refractivity contribution < 1.29 is 9.84 Å². The second-order valence-corrected chi connectivity index (χ2v) is 4.71. The standard InChI is InChI=1S/C12H18ClN3O2/c13-11-8-14-2-1-12(11)15-7-10(17)9-16-3-5-18-6-4-16/h1-2,8,10,17H,3-7,9H2,(H,14,15). The number of aliphatic hydroxyl groups excluding tert-OH is 1. The maximum atomic E-state index is 9.95. The first-order valence-corrected chi connectivity index (χ1v) is 6.45. The third-order valence-electron chi connectivity index (χ3n) is 2.87. The van der Waals surface area contributed by atoms with Crippen LogP contribution in [-0.4, -0.2) is 60.5 Å². The number of anilines is 1. The van der Waals surface area contributed by atoms with Crippen LogP contribution in [0.15, 0.2) is 18.5 Å². The van der Waals surface area contributed by atoms with Gasteiger partial charge in [0.05, 0.1) is 30.0 Å². The summed E-state index contributed by atoms with van der Waals surface area (Å²) in [5.74, 6) is 0. The fourth-order valence-electron chi connectivity index (χ4n) is 1.89. The Bertz CT molecular complexity index is 372. The lowest BCUT2D eigenvalue weighted by molar-refractivity contribution is 0.0171. The molecule has 1 aromatic heterocycles. The van der Waals surface area contributed by atoms with Crippen molar-refractivity contribution in [3.8, 4) is 0 Å². The van der Waals surface area contributed by atoms with Gasteiger partial charge in [0.1, 0.15) is 0 Å². The molecule has 1 saturated heterocycles. The molecule has 1 aromatic rings. The SMILES string of the molecule is OC(CNc1ccncc1Cl)CN1CCOCC1. The van der Waals surface area contributed by atoms with Crippen molar-refractivity contribution in [3.05, 3.63) is 23.5 Å². The van der Waals surface area contributed by atoms with E-state index in [9.17, 15) is 5.11 Å². The van der Waals surface area contributed by atoms with E-state index >= 15 is 0 Å². The van der Waals surface area contributed by atoms with Crippen molar-refractivity contribution in [2.45, 2.75) is 6.10 Å². The number of hydrogen-bond donors (Lipinski definition) is 2. The highest BCUT2D eigenvalue weighted by atomic mass is 35.5. The van der Waals surface area contributed by atoms with Gasteiger partial charge in [-0.1, -0.05) is 11.6 Å². The van der Waals surface area contributed by atoms with Gasteiger partial charge in [-0.05, 0) is 6.07 Å². The molecule has 100 valence electrons. The first kappa shape index (κ1) is 13.5. The lowest BCUT2D eigenvalue weighted by atomic mass is 10.3. The monoisotopic (exact) mass is 271 g/mol. The Labute approximate surface area is 112 Å². The topological polar surface area (TPSA) is 57.6 Å². The van der Waals surface area contributed by atoms with Gasteiger partial charge < -0.3 is 15.2 Å². The quantitative estimate of drug-likeness (QED) is 0.831. The molecule has 0 bridgehead atoms. The first-order valence-electron chi connectivity index (χ1n) is 6.07. The molecular formula is C12H18ClN3O2. The van der Waals surface area contributed by atoms with Crippen molar-refractivity contribution in [1.82, 2.24) is 9.88 Å². The average molecular weight is 272 g/mol. The summed E-state index contributed by atoms with van der Waals surface area (Å²) in [6.45, 7) is 4.38. The zero-order valence-electron chi connectivity index (χ0n) is 10.2. The molecule has 1 fully saturated rings. The minimum absolute atomic E-state index is 0.424. The van der Waals surface area contributed by atoms with Gasteiger partial charge in [0.15, 0.2) is 0 Å². The lowest BCUT2D eigenvalue weighted by Crippen LogP contribution is -2.42. The van der Waals surface area contributed by atoms with Gasteiger partial charge in [-0.25, -0.2) is 0 Å². The summed E-state index contributed by atoms with van der Waals surface area (Å²) in [5, 5.41) is 13.6. The number of nitrogens with one attached hydrogen (secondary N) is 1. The molecule has 0 amide bonds. The molecule has 0 aliphatic carbocycles. The van der Waals surface area contributed by atoms with Crippen molar-refractivity contribution in [2.75, 3.05) is 44.7 Å². The van der Waals surface area contributed by atoms with E-state index in [1.54, 1.807) is 18.5 Å². The third-order valence-corrected chi connectivity index (χ3v) is 3.17. The second kappa shape index (κ2) is 6.89. The highest BCUT2D eigenvalue weighted by Gasteiger charge is 2.14. The van der Waals surface area contributed by atoms with Crippen LogP contribution in [0.1, 0.15) is 0 Å². The predicted molar refractivity (Wildman–Crippen MR) is 71.0 cm³/mol. The summed E-state index contributed by atoms with van der Waals surface area (Å²) >= 11 is 5.97. The molecule has 1 aliphatic rings. The smallest absolute Gasteiger partial charge is 0.0839 e. The van der Waals surface area contributed by atoms with E-state index in [0.29, 0.717) is 18.1 Å². The molecule has 0 spiro atoms. The number of morpholine rings is 1. The van der Waals surface area contributed by atoms with Crippen LogP contribution in [0.5, 0.6) is 0 Å². The molecule has 1 atom stereocenters. The van der Waals surface area contributed by atoms with Gasteiger partial charge in [-0.15, -0.1) is 0 Å². The second-order valence-electron chi connectivity index (χ2n) is 4.30. The van der Waals surface area contributed by atoms with Gasteiger partial charge >= 0.3 is 0 Å². The van der Waals surface area contributed by atoms with Crippen molar-refractivity contribution in [1.29, 1.82) is 0 Å². The Morgan fingerprint density at radius 2 is 2.28 bits per heavy atom.